The molecule has 3 heterocycles. The minimum Gasteiger partial charge on any atom is -0.454 e. The largest absolute Gasteiger partial charge is 0.454 e. The van der Waals surface area contributed by atoms with Gasteiger partial charge in [0.15, 0.2) is 16.7 Å². The van der Waals surface area contributed by atoms with E-state index >= 15 is 0 Å². The fourth-order valence-corrected chi connectivity index (χ4v) is 5.03. The maximum absolute atomic E-state index is 14.8. The van der Waals surface area contributed by atoms with Crippen molar-refractivity contribution >= 4 is 35.0 Å². The molecule has 2 aromatic carbocycles. The van der Waals surface area contributed by atoms with E-state index in [1.807, 2.05) is 30.3 Å². The molecule has 0 radical (unpaired) electrons. The maximum Gasteiger partial charge on any atom is 0.416 e. The number of thiocarbonyl (C=S) groups is 1. The van der Waals surface area contributed by atoms with Gasteiger partial charge in [0.1, 0.15) is 5.75 Å². The molecule has 0 saturated carbocycles. The standard InChI is InChI=1S/C30H32FN5O4S/c31-25-18-23(33-29(41)34-27(37)17-21-5-2-1-3-6-21)7-8-26(25)39-24-9-12-32-28(19-24)40-30(38)36-15-10-22(11-16-36)20-35-13-4-14-35/h1-3,5-9,12,18-19,22H,4,10-11,13-17,20H2,(H2,33,34,37,41). The molecule has 9 nitrogen and oxygen atoms in total. The van der Waals surface area contributed by atoms with E-state index in [2.05, 4.69) is 20.5 Å². The molecular weight excluding hydrogens is 545 g/mol. The molecular formula is C30H32FN5O4S. The van der Waals surface area contributed by atoms with Gasteiger partial charge in [0.2, 0.25) is 11.8 Å². The second kappa shape index (κ2) is 13.5. The minimum absolute atomic E-state index is 0.0395. The lowest BCUT2D eigenvalue weighted by Crippen LogP contribution is -2.45. The van der Waals surface area contributed by atoms with Crippen LogP contribution in [0.15, 0.2) is 66.9 Å². The van der Waals surface area contributed by atoms with Crippen molar-refractivity contribution < 1.29 is 23.5 Å². The highest BCUT2D eigenvalue weighted by Gasteiger charge is 2.27. The van der Waals surface area contributed by atoms with Gasteiger partial charge in [0, 0.05) is 43.7 Å². The summed E-state index contributed by atoms with van der Waals surface area (Å²) in [5.74, 6) is -0.0216. The predicted molar refractivity (Wildman–Crippen MR) is 157 cm³/mol. The summed E-state index contributed by atoms with van der Waals surface area (Å²) in [6.07, 6.45) is 4.34. The van der Waals surface area contributed by atoms with Crippen molar-refractivity contribution in [1.29, 1.82) is 0 Å². The van der Waals surface area contributed by atoms with Crippen LogP contribution in [-0.2, 0) is 11.2 Å². The van der Waals surface area contributed by atoms with E-state index in [1.54, 1.807) is 17.0 Å². The molecule has 0 unspecified atom stereocenters. The van der Waals surface area contributed by atoms with E-state index in [-0.39, 0.29) is 34.8 Å². The van der Waals surface area contributed by atoms with Crippen molar-refractivity contribution in [2.45, 2.75) is 25.7 Å². The molecule has 2 aliphatic heterocycles. The number of nitrogens with one attached hydrogen (secondary N) is 2. The number of pyridine rings is 1. The number of nitrogens with zero attached hydrogens (tertiary/aromatic N) is 3. The molecule has 2 N–H and O–H groups in total. The smallest absolute Gasteiger partial charge is 0.416 e. The van der Waals surface area contributed by atoms with Gasteiger partial charge >= 0.3 is 6.09 Å². The number of likely N-dealkylation sites (tertiary alicyclic amines) is 2. The molecule has 3 aromatic rings. The molecule has 0 aliphatic carbocycles. The van der Waals surface area contributed by atoms with Crippen LogP contribution in [0, 0.1) is 11.7 Å². The molecule has 214 valence electrons. The summed E-state index contributed by atoms with van der Waals surface area (Å²) < 4.78 is 26.0. The second-order valence-corrected chi connectivity index (χ2v) is 10.6. The average molecular weight is 578 g/mol. The summed E-state index contributed by atoms with van der Waals surface area (Å²) in [5.41, 5.74) is 1.20. The molecule has 11 heteroatoms. The molecule has 2 amide bonds. The molecule has 0 atom stereocenters. The topological polar surface area (TPSA) is 96.0 Å². The second-order valence-electron chi connectivity index (χ2n) is 10.2. The van der Waals surface area contributed by atoms with Crippen LogP contribution < -0.4 is 20.1 Å². The van der Waals surface area contributed by atoms with Crippen molar-refractivity contribution in [1.82, 2.24) is 20.1 Å². The van der Waals surface area contributed by atoms with Crippen molar-refractivity contribution in [2.75, 3.05) is 38.0 Å². The lowest BCUT2D eigenvalue weighted by Gasteiger charge is -2.37. The summed E-state index contributed by atoms with van der Waals surface area (Å²) in [7, 11) is 0. The SMILES string of the molecule is O=C(Cc1ccccc1)NC(=S)Nc1ccc(Oc2ccnc(OC(=O)N3CCC(CN4CCC4)CC3)c2)c(F)c1. The summed E-state index contributed by atoms with van der Waals surface area (Å²) in [6, 6.07) is 16.5. The van der Waals surface area contributed by atoms with Gasteiger partial charge < -0.3 is 29.9 Å². The Hall–Kier alpha value is -4.09. The zero-order valence-corrected chi connectivity index (χ0v) is 23.4. The first kappa shape index (κ1) is 28.4. The van der Waals surface area contributed by atoms with Gasteiger partial charge in [0.25, 0.3) is 0 Å². The van der Waals surface area contributed by atoms with Crippen molar-refractivity contribution in [3.8, 4) is 17.4 Å². The molecule has 2 fully saturated rings. The monoisotopic (exact) mass is 577 g/mol. The zero-order chi connectivity index (χ0) is 28.6. The van der Waals surface area contributed by atoms with E-state index in [4.69, 9.17) is 21.7 Å². The van der Waals surface area contributed by atoms with E-state index in [9.17, 15) is 14.0 Å². The van der Waals surface area contributed by atoms with Crippen LogP contribution in [0.2, 0.25) is 0 Å². The van der Waals surface area contributed by atoms with Crippen LogP contribution in [0.3, 0.4) is 0 Å². The van der Waals surface area contributed by atoms with Crippen molar-refractivity contribution in [3.63, 3.8) is 0 Å². The fourth-order valence-electron chi connectivity index (χ4n) is 4.79. The van der Waals surface area contributed by atoms with Gasteiger partial charge in [-0.3, -0.25) is 4.79 Å². The van der Waals surface area contributed by atoms with E-state index in [0.29, 0.717) is 24.7 Å². The third-order valence-corrected chi connectivity index (χ3v) is 7.32. The average Bonchev–Trinajstić information content (AvgIpc) is 2.93. The predicted octanol–water partition coefficient (Wildman–Crippen LogP) is 4.99. The molecule has 2 saturated heterocycles. The Morgan fingerprint density at radius 2 is 1.80 bits per heavy atom. The summed E-state index contributed by atoms with van der Waals surface area (Å²) in [5, 5.41) is 5.44. The number of rotatable bonds is 8. The number of aromatic nitrogens is 1. The van der Waals surface area contributed by atoms with Crippen LogP contribution in [0.1, 0.15) is 24.8 Å². The molecule has 0 spiro atoms. The van der Waals surface area contributed by atoms with Gasteiger partial charge in [-0.1, -0.05) is 30.3 Å². The number of piperidine rings is 1. The highest BCUT2D eigenvalue weighted by atomic mass is 32.1. The van der Waals surface area contributed by atoms with Gasteiger partial charge in [-0.15, -0.1) is 0 Å². The normalized spacial score (nSPS) is 15.5. The first-order valence-corrected chi connectivity index (χ1v) is 14.1. The van der Waals surface area contributed by atoms with Crippen LogP contribution in [-0.4, -0.2) is 64.6 Å². The maximum atomic E-state index is 14.8. The van der Waals surface area contributed by atoms with Gasteiger partial charge in [0.05, 0.1) is 6.42 Å². The Morgan fingerprint density at radius 3 is 2.51 bits per heavy atom. The van der Waals surface area contributed by atoms with Crippen molar-refractivity contribution in [2.24, 2.45) is 5.92 Å². The third-order valence-electron chi connectivity index (χ3n) is 7.11. The molecule has 0 bridgehead atoms. The first-order chi connectivity index (χ1) is 19.9. The fraction of sp³-hybridized carbons (Fsp3) is 0.333. The van der Waals surface area contributed by atoms with Crippen LogP contribution in [0.4, 0.5) is 14.9 Å². The highest BCUT2D eigenvalue weighted by molar-refractivity contribution is 7.80. The number of hydrogen-bond donors (Lipinski definition) is 2. The molecule has 41 heavy (non-hydrogen) atoms. The number of anilines is 1. The molecule has 1 aromatic heterocycles. The van der Waals surface area contributed by atoms with Crippen molar-refractivity contribution in [3.05, 3.63) is 78.2 Å². The lowest BCUT2D eigenvalue weighted by atomic mass is 9.95. The summed E-state index contributed by atoms with van der Waals surface area (Å²) in [4.78, 5) is 33.1. The van der Waals surface area contributed by atoms with Gasteiger partial charge in [-0.2, -0.15) is 0 Å². The number of benzene rings is 2. The number of ether oxygens (including phenoxy) is 2. The Kier molecular flexibility index (Phi) is 9.37. The minimum atomic E-state index is -0.648. The van der Waals surface area contributed by atoms with E-state index < -0.39 is 11.9 Å². The van der Waals surface area contributed by atoms with Crippen LogP contribution in [0.5, 0.6) is 17.4 Å². The first-order valence-electron chi connectivity index (χ1n) is 13.7. The van der Waals surface area contributed by atoms with E-state index in [1.165, 1.54) is 43.9 Å². The summed E-state index contributed by atoms with van der Waals surface area (Å²) in [6.45, 7) is 4.77. The van der Waals surface area contributed by atoms with Crippen LogP contribution in [0.25, 0.3) is 0 Å². The molecule has 2 aliphatic rings. The Balaban J connectivity index is 1.10. The Morgan fingerprint density at radius 1 is 1.02 bits per heavy atom. The zero-order valence-electron chi connectivity index (χ0n) is 22.6. The third kappa shape index (κ3) is 8.21. The van der Waals surface area contributed by atoms with Crippen LogP contribution >= 0.6 is 12.2 Å². The van der Waals surface area contributed by atoms with Gasteiger partial charge in [-0.05, 0) is 74.3 Å². The number of carbonyl (C=O) groups excluding carboxylic acids is 2. The van der Waals surface area contributed by atoms with E-state index in [0.717, 1.165) is 24.9 Å². The number of hydrogen-bond acceptors (Lipinski definition) is 7. The quantitative estimate of drug-likeness (QED) is 0.362. The van der Waals surface area contributed by atoms with Gasteiger partial charge in [-0.25, -0.2) is 14.2 Å². The lowest BCUT2D eigenvalue weighted by molar-refractivity contribution is -0.119. The molecule has 5 rings (SSSR count). The number of halogens is 1. The highest BCUT2D eigenvalue weighted by Crippen LogP contribution is 2.29. The Labute approximate surface area is 243 Å². The number of amides is 2. The Bertz CT molecular complexity index is 1380. The number of carbonyl (C=O) groups is 2. The summed E-state index contributed by atoms with van der Waals surface area (Å²) >= 11 is 5.18.